The predicted molar refractivity (Wildman–Crippen MR) is 150 cm³/mol. The highest BCUT2D eigenvalue weighted by Crippen LogP contribution is 2.48. The van der Waals surface area contributed by atoms with Crippen molar-refractivity contribution in [1.29, 1.82) is 0 Å². The van der Waals surface area contributed by atoms with Crippen molar-refractivity contribution in [3.05, 3.63) is 70.3 Å². The molecule has 2 aromatic rings. The summed E-state index contributed by atoms with van der Waals surface area (Å²) in [4.78, 5) is 11.4. The molecule has 2 unspecified atom stereocenters. The van der Waals surface area contributed by atoms with E-state index in [9.17, 15) is 20.1 Å². The van der Waals surface area contributed by atoms with E-state index in [0.717, 1.165) is 37.8 Å². The first-order chi connectivity index (χ1) is 17.0. The average molecular weight is 517 g/mol. The quantitative estimate of drug-likeness (QED) is 0.203. The van der Waals surface area contributed by atoms with E-state index >= 15 is 0 Å². The minimum absolute atomic E-state index is 0.128. The molecular weight excluding hydrogens is 472 g/mol. The molecule has 0 aromatic heterocycles. The summed E-state index contributed by atoms with van der Waals surface area (Å²) < 4.78 is 0. The van der Waals surface area contributed by atoms with Crippen molar-refractivity contribution in [2.24, 2.45) is 11.1 Å². The molecule has 1 aliphatic heterocycles. The van der Waals surface area contributed by atoms with Gasteiger partial charge in [0.05, 0.1) is 17.6 Å². The lowest BCUT2D eigenvalue weighted by Crippen LogP contribution is -2.47. The van der Waals surface area contributed by atoms with E-state index in [0.29, 0.717) is 12.3 Å². The lowest BCUT2D eigenvalue weighted by Gasteiger charge is -2.42. The standard InChI is InChI=1S/C29H44N2O4S/c1-19-8-13-22(27-26(34)25(33)24(32)17-36(27)4)16-23(19)15-21-11-9-20(10-12-21)7-5-6-14-31-18-29(2,3)28(30)35/h8-13,16,24-27,31-34,36H,5-7,14-15,17-18H2,1-4H3,(H2,30,35)/t24-,25-,26-,27?/m1/s1. The molecule has 1 fully saturated rings. The molecule has 6 N–H and O–H groups in total. The highest BCUT2D eigenvalue weighted by Gasteiger charge is 2.40. The Morgan fingerprint density at radius 1 is 1.06 bits per heavy atom. The third kappa shape index (κ3) is 7.33. The number of benzene rings is 2. The molecule has 0 saturated carbocycles. The van der Waals surface area contributed by atoms with Crippen LogP contribution in [-0.2, 0) is 17.6 Å². The fourth-order valence-corrected chi connectivity index (χ4v) is 7.22. The smallest absolute Gasteiger partial charge is 0.224 e. The van der Waals surface area contributed by atoms with Crippen molar-refractivity contribution in [3.8, 4) is 0 Å². The molecule has 7 heteroatoms. The number of aliphatic hydroxyl groups excluding tert-OH is 3. The number of aryl methyl sites for hydroxylation is 2. The van der Waals surface area contributed by atoms with Gasteiger partial charge in [-0.2, -0.15) is 0 Å². The Kier molecular flexibility index (Phi) is 10.0. The Bertz CT molecular complexity index is 1010. The normalized spacial score (nSPS) is 25.6. The minimum Gasteiger partial charge on any atom is -0.390 e. The van der Waals surface area contributed by atoms with Crippen LogP contribution in [0.15, 0.2) is 42.5 Å². The van der Waals surface area contributed by atoms with Crippen LogP contribution in [-0.4, -0.2) is 64.6 Å². The molecule has 1 amide bonds. The second kappa shape index (κ2) is 12.6. The number of nitrogens with two attached hydrogens (primary N) is 1. The molecule has 1 heterocycles. The Balaban J connectivity index is 1.54. The molecule has 6 nitrogen and oxygen atoms in total. The maximum absolute atomic E-state index is 11.4. The van der Waals surface area contributed by atoms with Gasteiger partial charge in [-0.25, -0.2) is 10.9 Å². The Labute approximate surface area is 218 Å². The molecule has 0 bridgehead atoms. The SMILES string of the molecule is Cc1ccc(C2[C@H](O)[C@H](O)[C@H](O)C[SH]2C)cc1Cc1ccc(CCCCNCC(C)(C)C(N)=O)cc1. The summed E-state index contributed by atoms with van der Waals surface area (Å²) in [5.41, 5.74) is 10.9. The van der Waals surface area contributed by atoms with Crippen molar-refractivity contribution in [3.63, 3.8) is 0 Å². The minimum atomic E-state index is -1.09. The van der Waals surface area contributed by atoms with Crippen LogP contribution >= 0.6 is 10.9 Å². The van der Waals surface area contributed by atoms with Gasteiger partial charge < -0.3 is 26.4 Å². The molecule has 0 aliphatic carbocycles. The van der Waals surface area contributed by atoms with Crippen LogP contribution in [0.5, 0.6) is 0 Å². The first kappa shape index (κ1) is 28.7. The average Bonchev–Trinajstić information content (AvgIpc) is 2.82. The fraction of sp³-hybridized carbons (Fsp3) is 0.552. The third-order valence-corrected chi connectivity index (χ3v) is 9.96. The van der Waals surface area contributed by atoms with E-state index in [1.54, 1.807) is 0 Å². The number of hydrogen-bond donors (Lipinski definition) is 6. The summed E-state index contributed by atoms with van der Waals surface area (Å²) in [5, 5.41) is 34.1. The summed E-state index contributed by atoms with van der Waals surface area (Å²) in [6.45, 7) is 7.29. The summed E-state index contributed by atoms with van der Waals surface area (Å²) in [6, 6.07) is 15.1. The molecule has 1 saturated heterocycles. The van der Waals surface area contributed by atoms with Crippen LogP contribution in [0.25, 0.3) is 0 Å². The molecular formula is C29H44N2O4S. The van der Waals surface area contributed by atoms with Gasteiger partial charge in [0.15, 0.2) is 0 Å². The van der Waals surface area contributed by atoms with Gasteiger partial charge >= 0.3 is 0 Å². The van der Waals surface area contributed by atoms with E-state index in [2.05, 4.69) is 61.0 Å². The number of hydrogen-bond acceptors (Lipinski definition) is 5. The van der Waals surface area contributed by atoms with Gasteiger partial charge in [0.25, 0.3) is 0 Å². The molecule has 5 atom stereocenters. The van der Waals surface area contributed by atoms with Crippen LogP contribution in [0, 0.1) is 12.3 Å². The van der Waals surface area contributed by atoms with Crippen LogP contribution in [0.3, 0.4) is 0 Å². The van der Waals surface area contributed by atoms with Crippen molar-refractivity contribution in [2.75, 3.05) is 25.1 Å². The number of carbonyl (C=O) groups excluding carboxylic acids is 1. The molecule has 0 radical (unpaired) electrons. The van der Waals surface area contributed by atoms with E-state index in [-0.39, 0.29) is 11.2 Å². The molecule has 3 rings (SSSR count). The zero-order valence-corrected chi connectivity index (χ0v) is 23.0. The first-order valence-electron chi connectivity index (χ1n) is 12.9. The summed E-state index contributed by atoms with van der Waals surface area (Å²) in [6.07, 6.45) is 3.16. The molecule has 36 heavy (non-hydrogen) atoms. The maximum atomic E-state index is 11.4. The van der Waals surface area contributed by atoms with Gasteiger partial charge in [-0.1, -0.05) is 42.5 Å². The Morgan fingerprint density at radius 2 is 1.72 bits per heavy atom. The lowest BCUT2D eigenvalue weighted by molar-refractivity contribution is -0.125. The van der Waals surface area contributed by atoms with Gasteiger partial charge in [-0.05, 0) is 87.1 Å². The number of primary amides is 1. The van der Waals surface area contributed by atoms with Crippen LogP contribution in [0.2, 0.25) is 0 Å². The van der Waals surface area contributed by atoms with E-state index in [1.807, 2.05) is 13.8 Å². The van der Waals surface area contributed by atoms with Gasteiger partial charge in [-0.3, -0.25) is 4.79 Å². The Hall–Kier alpha value is -1.90. The van der Waals surface area contributed by atoms with Crippen LogP contribution in [0.4, 0.5) is 0 Å². The van der Waals surface area contributed by atoms with Crippen LogP contribution < -0.4 is 11.1 Å². The van der Waals surface area contributed by atoms with Crippen molar-refractivity contribution in [1.82, 2.24) is 5.32 Å². The van der Waals surface area contributed by atoms with Gasteiger partial charge in [0, 0.05) is 17.5 Å². The maximum Gasteiger partial charge on any atom is 0.224 e. The van der Waals surface area contributed by atoms with E-state index in [4.69, 9.17) is 5.73 Å². The topological polar surface area (TPSA) is 116 Å². The van der Waals surface area contributed by atoms with Gasteiger partial charge in [0.1, 0.15) is 6.10 Å². The second-order valence-electron chi connectivity index (χ2n) is 11.0. The molecule has 0 spiro atoms. The second-order valence-corrected chi connectivity index (χ2v) is 13.4. The monoisotopic (exact) mass is 516 g/mol. The lowest BCUT2D eigenvalue weighted by atomic mass is 9.93. The van der Waals surface area contributed by atoms with E-state index < -0.39 is 34.6 Å². The highest BCUT2D eigenvalue weighted by atomic mass is 32.2. The number of aliphatic hydroxyl groups is 3. The summed E-state index contributed by atoms with van der Waals surface area (Å²) >= 11 is 0. The molecule has 1 aliphatic rings. The fourth-order valence-electron chi connectivity index (χ4n) is 4.82. The van der Waals surface area contributed by atoms with Crippen molar-refractivity contribution < 1.29 is 20.1 Å². The number of rotatable bonds is 11. The van der Waals surface area contributed by atoms with Crippen molar-refractivity contribution >= 4 is 16.8 Å². The largest absolute Gasteiger partial charge is 0.390 e. The zero-order chi connectivity index (χ0) is 26.5. The Morgan fingerprint density at radius 3 is 2.39 bits per heavy atom. The number of thiol groups is 1. The summed E-state index contributed by atoms with van der Waals surface area (Å²) in [7, 11) is -0.626. The first-order valence-corrected chi connectivity index (χ1v) is 15.0. The van der Waals surface area contributed by atoms with Gasteiger partial charge in [0.2, 0.25) is 5.91 Å². The third-order valence-electron chi connectivity index (χ3n) is 7.45. The number of nitrogens with one attached hydrogen (secondary N) is 1. The van der Waals surface area contributed by atoms with Crippen molar-refractivity contribution in [2.45, 2.75) is 70.0 Å². The zero-order valence-electron chi connectivity index (χ0n) is 22.1. The number of amides is 1. The number of carbonyl (C=O) groups is 1. The molecule has 200 valence electrons. The molecule has 2 aromatic carbocycles. The van der Waals surface area contributed by atoms with Crippen LogP contribution in [0.1, 0.15) is 59.8 Å². The van der Waals surface area contributed by atoms with E-state index in [1.165, 1.54) is 22.3 Å². The number of unbranched alkanes of at least 4 members (excludes halogenated alkanes) is 1. The van der Waals surface area contributed by atoms with Gasteiger partial charge in [-0.15, -0.1) is 0 Å². The summed E-state index contributed by atoms with van der Waals surface area (Å²) in [5.74, 6) is 0.266. The highest BCUT2D eigenvalue weighted by molar-refractivity contribution is 8.16. The predicted octanol–water partition coefficient (Wildman–Crippen LogP) is 2.78.